The van der Waals surface area contributed by atoms with Crippen molar-refractivity contribution in [3.8, 4) is 0 Å². The Morgan fingerprint density at radius 2 is 2.18 bits per heavy atom. The molecule has 0 radical (unpaired) electrons. The minimum absolute atomic E-state index is 0.170. The van der Waals surface area contributed by atoms with Crippen LogP contribution in [0.1, 0.15) is 16.2 Å². The van der Waals surface area contributed by atoms with Gasteiger partial charge >= 0.3 is 6.01 Å². The van der Waals surface area contributed by atoms with Crippen LogP contribution < -0.4 is 5.32 Å². The van der Waals surface area contributed by atoms with Crippen molar-refractivity contribution in [2.24, 2.45) is 0 Å². The van der Waals surface area contributed by atoms with Gasteiger partial charge < -0.3 is 4.52 Å². The molecule has 0 saturated heterocycles. The second-order valence-corrected chi connectivity index (χ2v) is 3.20. The van der Waals surface area contributed by atoms with Crippen LogP contribution in [0.15, 0.2) is 22.7 Å². The van der Waals surface area contributed by atoms with Crippen molar-refractivity contribution in [1.82, 2.24) is 10.1 Å². The van der Waals surface area contributed by atoms with E-state index in [1.165, 1.54) is 6.07 Å². The van der Waals surface area contributed by atoms with Crippen molar-refractivity contribution in [3.05, 3.63) is 41.2 Å². The average Bonchev–Trinajstić information content (AvgIpc) is 2.68. The van der Waals surface area contributed by atoms with Crippen LogP contribution in [0.3, 0.4) is 0 Å². The van der Waals surface area contributed by atoms with Crippen LogP contribution in [0.25, 0.3) is 0 Å². The highest BCUT2D eigenvalue weighted by molar-refractivity contribution is 6.03. The van der Waals surface area contributed by atoms with Crippen molar-refractivity contribution in [1.29, 1.82) is 0 Å². The molecule has 0 unspecified atom stereocenters. The summed E-state index contributed by atoms with van der Waals surface area (Å²) < 4.78 is 30.8. The number of halogens is 2. The number of anilines is 1. The lowest BCUT2D eigenvalue weighted by Gasteiger charge is -2.02. The number of benzene rings is 1. The van der Waals surface area contributed by atoms with Gasteiger partial charge in [-0.2, -0.15) is 4.98 Å². The SMILES string of the molecule is Cc1noc(NC(=O)c2cccc(F)c2F)n1. The number of hydrogen-bond donors (Lipinski definition) is 1. The molecule has 5 nitrogen and oxygen atoms in total. The van der Waals surface area contributed by atoms with Crippen molar-refractivity contribution in [2.45, 2.75) is 6.92 Å². The second-order valence-electron chi connectivity index (χ2n) is 3.20. The highest BCUT2D eigenvalue weighted by Gasteiger charge is 2.16. The average molecular weight is 239 g/mol. The van der Waals surface area contributed by atoms with Crippen LogP contribution in [-0.2, 0) is 0 Å². The van der Waals surface area contributed by atoms with E-state index in [1.54, 1.807) is 6.92 Å². The standard InChI is InChI=1S/C10H7F2N3O2/c1-5-13-10(17-15-5)14-9(16)6-3-2-4-7(11)8(6)12/h2-4H,1H3,(H,13,14,15,16). The minimum atomic E-state index is -1.22. The molecule has 0 saturated carbocycles. The molecular weight excluding hydrogens is 232 g/mol. The van der Waals surface area contributed by atoms with Gasteiger partial charge in [-0.1, -0.05) is 11.2 Å². The Kier molecular flexibility index (Phi) is 2.82. The lowest BCUT2D eigenvalue weighted by atomic mass is 10.2. The summed E-state index contributed by atoms with van der Waals surface area (Å²) >= 11 is 0. The summed E-state index contributed by atoms with van der Waals surface area (Å²) in [5, 5.41) is 5.60. The molecule has 0 spiro atoms. The maximum Gasteiger partial charge on any atom is 0.328 e. The molecule has 0 aliphatic rings. The first-order chi connectivity index (χ1) is 8.08. The third-order valence-corrected chi connectivity index (χ3v) is 1.94. The van der Waals surface area contributed by atoms with Crippen LogP contribution >= 0.6 is 0 Å². The van der Waals surface area contributed by atoms with E-state index < -0.39 is 23.1 Å². The third kappa shape index (κ3) is 2.27. The highest BCUT2D eigenvalue weighted by Crippen LogP contribution is 2.13. The molecule has 7 heteroatoms. The van der Waals surface area contributed by atoms with Gasteiger partial charge in [0.1, 0.15) is 0 Å². The van der Waals surface area contributed by atoms with E-state index in [9.17, 15) is 13.6 Å². The van der Waals surface area contributed by atoms with E-state index in [2.05, 4.69) is 20.0 Å². The topological polar surface area (TPSA) is 68.0 Å². The first kappa shape index (κ1) is 11.2. The Morgan fingerprint density at radius 1 is 1.41 bits per heavy atom. The first-order valence-corrected chi connectivity index (χ1v) is 4.63. The molecule has 17 heavy (non-hydrogen) atoms. The van der Waals surface area contributed by atoms with Gasteiger partial charge in [0.05, 0.1) is 5.56 Å². The summed E-state index contributed by atoms with van der Waals surface area (Å²) in [5.41, 5.74) is -0.430. The predicted molar refractivity (Wildman–Crippen MR) is 53.3 cm³/mol. The van der Waals surface area contributed by atoms with Gasteiger partial charge in [0.25, 0.3) is 5.91 Å². The number of rotatable bonds is 2. The summed E-state index contributed by atoms with van der Waals surface area (Å²) in [4.78, 5) is 15.3. The molecule has 0 aliphatic carbocycles. The van der Waals surface area contributed by atoms with Gasteiger partial charge in [0.15, 0.2) is 17.5 Å². The van der Waals surface area contributed by atoms with Gasteiger partial charge in [-0.05, 0) is 19.1 Å². The molecule has 1 aromatic carbocycles. The van der Waals surface area contributed by atoms with Gasteiger partial charge in [-0.25, -0.2) is 8.78 Å². The van der Waals surface area contributed by atoms with Gasteiger partial charge in [-0.15, -0.1) is 0 Å². The highest BCUT2D eigenvalue weighted by atomic mass is 19.2. The van der Waals surface area contributed by atoms with E-state index in [4.69, 9.17) is 0 Å². The van der Waals surface area contributed by atoms with Crippen LogP contribution in [0.4, 0.5) is 14.8 Å². The molecule has 0 aliphatic heterocycles. The van der Waals surface area contributed by atoms with Gasteiger partial charge in [0.2, 0.25) is 0 Å². The summed E-state index contributed by atoms with van der Waals surface area (Å²) in [6, 6.07) is 3.13. The Balaban J connectivity index is 2.23. The molecular formula is C10H7F2N3O2. The Bertz CT molecular complexity index is 568. The lowest BCUT2D eigenvalue weighted by Crippen LogP contribution is -2.14. The maximum absolute atomic E-state index is 13.3. The molecule has 2 rings (SSSR count). The molecule has 0 bridgehead atoms. The Labute approximate surface area is 94.4 Å². The number of aromatic nitrogens is 2. The third-order valence-electron chi connectivity index (χ3n) is 1.94. The number of amides is 1. The Hall–Kier alpha value is -2.31. The summed E-state index contributed by atoms with van der Waals surface area (Å²) in [7, 11) is 0. The quantitative estimate of drug-likeness (QED) is 0.869. The van der Waals surface area contributed by atoms with Crippen LogP contribution in [0.5, 0.6) is 0 Å². The first-order valence-electron chi connectivity index (χ1n) is 4.63. The van der Waals surface area contributed by atoms with Crippen molar-refractivity contribution in [2.75, 3.05) is 5.32 Å². The smallest absolute Gasteiger partial charge is 0.315 e. The summed E-state index contributed by atoms with van der Waals surface area (Å²) in [6.07, 6.45) is 0. The van der Waals surface area contributed by atoms with E-state index in [0.29, 0.717) is 5.82 Å². The Morgan fingerprint density at radius 3 is 2.82 bits per heavy atom. The second kappa shape index (κ2) is 4.28. The fraction of sp³-hybridized carbons (Fsp3) is 0.100. The number of carbonyl (C=O) groups excluding carboxylic acids is 1. The number of carbonyl (C=O) groups is 1. The minimum Gasteiger partial charge on any atom is -0.315 e. The number of hydrogen-bond acceptors (Lipinski definition) is 4. The summed E-state index contributed by atoms with van der Waals surface area (Å²) in [5.74, 6) is -2.86. The van der Waals surface area contributed by atoms with Crippen molar-refractivity contribution >= 4 is 11.9 Å². The van der Waals surface area contributed by atoms with Crippen LogP contribution in [0, 0.1) is 18.6 Å². The van der Waals surface area contributed by atoms with Gasteiger partial charge in [-0.3, -0.25) is 10.1 Å². The van der Waals surface area contributed by atoms with E-state index in [1.807, 2.05) is 0 Å². The zero-order valence-electron chi connectivity index (χ0n) is 8.70. The van der Waals surface area contributed by atoms with Gasteiger partial charge in [0, 0.05) is 0 Å². The molecule has 0 fully saturated rings. The van der Waals surface area contributed by atoms with Crippen LogP contribution in [0.2, 0.25) is 0 Å². The molecule has 88 valence electrons. The number of nitrogens with one attached hydrogen (secondary N) is 1. The maximum atomic E-state index is 13.3. The molecule has 1 aromatic heterocycles. The van der Waals surface area contributed by atoms with Crippen LogP contribution in [-0.4, -0.2) is 16.0 Å². The molecule has 0 atom stereocenters. The van der Waals surface area contributed by atoms with E-state index >= 15 is 0 Å². The zero-order valence-corrected chi connectivity index (χ0v) is 8.70. The molecule has 1 heterocycles. The molecule has 1 amide bonds. The number of nitrogens with zero attached hydrogens (tertiary/aromatic N) is 2. The van der Waals surface area contributed by atoms with Crippen molar-refractivity contribution < 1.29 is 18.1 Å². The number of aryl methyl sites for hydroxylation is 1. The zero-order chi connectivity index (χ0) is 12.4. The van der Waals surface area contributed by atoms with Crippen molar-refractivity contribution in [3.63, 3.8) is 0 Å². The normalized spacial score (nSPS) is 10.3. The summed E-state index contributed by atoms with van der Waals surface area (Å²) in [6.45, 7) is 1.56. The predicted octanol–water partition coefficient (Wildman–Crippen LogP) is 1.91. The molecule has 1 N–H and O–H groups in total. The molecule has 2 aromatic rings. The lowest BCUT2D eigenvalue weighted by molar-refractivity contribution is 0.101. The van der Waals surface area contributed by atoms with E-state index in [0.717, 1.165) is 12.1 Å². The monoisotopic (exact) mass is 239 g/mol. The largest absolute Gasteiger partial charge is 0.328 e. The fourth-order valence-electron chi connectivity index (χ4n) is 1.19. The van der Waals surface area contributed by atoms with E-state index in [-0.39, 0.29) is 6.01 Å². The fourth-order valence-corrected chi connectivity index (χ4v) is 1.19.